The van der Waals surface area contributed by atoms with Crippen LogP contribution in [0.1, 0.15) is 21.6 Å². The second-order valence-electron chi connectivity index (χ2n) is 7.84. The number of amides is 1. The van der Waals surface area contributed by atoms with Crippen LogP contribution in [0.25, 0.3) is 0 Å². The fourth-order valence-electron chi connectivity index (χ4n) is 3.70. The molecule has 0 radical (unpaired) electrons. The molecule has 0 N–H and O–H groups in total. The number of nitrogens with zero attached hydrogens (tertiary/aromatic N) is 4. The summed E-state index contributed by atoms with van der Waals surface area (Å²) in [7, 11) is 1.68. The highest BCUT2D eigenvalue weighted by Crippen LogP contribution is 2.21. The molecule has 0 atom stereocenters. The Labute approximate surface area is 193 Å². The first-order valence-electron chi connectivity index (χ1n) is 10.6. The number of halogens is 1. The highest BCUT2D eigenvalue weighted by Gasteiger charge is 2.23. The molecule has 168 valence electrons. The molecule has 1 fully saturated rings. The van der Waals surface area contributed by atoms with Crippen LogP contribution < -0.4 is 9.47 Å². The summed E-state index contributed by atoms with van der Waals surface area (Å²) in [4.78, 5) is 17.1. The van der Waals surface area contributed by atoms with Crippen LogP contribution in [0.5, 0.6) is 11.5 Å². The number of rotatable bonds is 7. The van der Waals surface area contributed by atoms with E-state index in [0.29, 0.717) is 29.6 Å². The van der Waals surface area contributed by atoms with Gasteiger partial charge in [0.05, 0.1) is 7.11 Å². The summed E-state index contributed by atoms with van der Waals surface area (Å²) in [5, 5.41) is 5.09. The van der Waals surface area contributed by atoms with Gasteiger partial charge in [-0.3, -0.25) is 9.69 Å². The Morgan fingerprint density at radius 3 is 2.62 bits per heavy atom. The Hall–Kier alpha value is -3.03. The minimum absolute atomic E-state index is 0.0490. The van der Waals surface area contributed by atoms with Gasteiger partial charge in [-0.25, -0.2) is 4.68 Å². The predicted octanol–water partition coefficient (Wildman–Crippen LogP) is 3.85. The average molecular weight is 455 g/mol. The summed E-state index contributed by atoms with van der Waals surface area (Å²) in [5.41, 5.74) is 2.59. The van der Waals surface area contributed by atoms with E-state index in [1.54, 1.807) is 30.1 Å². The van der Waals surface area contributed by atoms with Gasteiger partial charge >= 0.3 is 0 Å². The number of ether oxygens (including phenoxy) is 2. The van der Waals surface area contributed by atoms with Crippen LogP contribution in [0.2, 0.25) is 5.02 Å². The van der Waals surface area contributed by atoms with Gasteiger partial charge in [-0.15, -0.1) is 0 Å². The van der Waals surface area contributed by atoms with Crippen LogP contribution in [-0.2, 0) is 13.3 Å². The monoisotopic (exact) mass is 454 g/mol. The number of aromatic nitrogens is 2. The van der Waals surface area contributed by atoms with Gasteiger partial charge < -0.3 is 14.4 Å². The fraction of sp³-hybridized carbons (Fsp3) is 0.333. The number of carbonyl (C=O) groups excluding carboxylic acids is 1. The van der Waals surface area contributed by atoms with Crippen molar-refractivity contribution < 1.29 is 14.3 Å². The Morgan fingerprint density at radius 2 is 1.88 bits per heavy atom. The number of methoxy groups -OCH3 is 1. The molecule has 1 aliphatic rings. The summed E-state index contributed by atoms with van der Waals surface area (Å²) in [5.74, 6) is 1.52. The lowest BCUT2D eigenvalue weighted by Crippen LogP contribution is -2.48. The molecular weight excluding hydrogens is 428 g/mol. The molecule has 7 nitrogen and oxygen atoms in total. The largest absolute Gasteiger partial charge is 0.497 e. The minimum Gasteiger partial charge on any atom is -0.497 e. The van der Waals surface area contributed by atoms with E-state index in [0.717, 1.165) is 30.9 Å². The van der Waals surface area contributed by atoms with Crippen molar-refractivity contribution in [1.82, 2.24) is 19.6 Å². The van der Waals surface area contributed by atoms with Crippen molar-refractivity contribution in [2.24, 2.45) is 0 Å². The number of carbonyl (C=O) groups is 1. The van der Waals surface area contributed by atoms with Crippen molar-refractivity contribution in [2.75, 3.05) is 33.3 Å². The van der Waals surface area contributed by atoms with E-state index in [1.165, 1.54) is 5.56 Å². The van der Waals surface area contributed by atoms with Crippen molar-refractivity contribution in [2.45, 2.75) is 20.2 Å². The standard InChI is InChI=1S/C24H27ClN4O3/c1-18-14-21(6-7-22(18)25)32-17-29-9-8-23(26-29)24(30)28-12-10-27(11-13-28)16-19-4-3-5-20(15-19)31-2/h3-9,14-15H,10-13,16-17H2,1-2H3. The number of benzene rings is 2. The van der Waals surface area contributed by atoms with Gasteiger partial charge in [0, 0.05) is 43.9 Å². The molecule has 0 aliphatic carbocycles. The number of piperazine rings is 1. The lowest BCUT2D eigenvalue weighted by molar-refractivity contribution is 0.0621. The van der Waals surface area contributed by atoms with Crippen molar-refractivity contribution in [3.63, 3.8) is 0 Å². The van der Waals surface area contributed by atoms with Gasteiger partial charge in [0.1, 0.15) is 11.5 Å². The normalized spacial score (nSPS) is 14.4. The molecular formula is C24H27ClN4O3. The van der Waals surface area contributed by atoms with Gasteiger partial charge in [0.2, 0.25) is 0 Å². The summed E-state index contributed by atoms with van der Waals surface area (Å²) >= 11 is 6.05. The van der Waals surface area contributed by atoms with Crippen LogP contribution in [0.15, 0.2) is 54.7 Å². The summed E-state index contributed by atoms with van der Waals surface area (Å²) in [6.07, 6.45) is 1.76. The number of hydrogen-bond donors (Lipinski definition) is 0. The molecule has 0 saturated carbocycles. The van der Waals surface area contributed by atoms with Crippen LogP contribution in [-0.4, -0.2) is 58.8 Å². The SMILES string of the molecule is COc1cccc(CN2CCN(C(=O)c3ccn(COc4ccc(Cl)c(C)c4)n3)CC2)c1. The average Bonchev–Trinajstić information content (AvgIpc) is 3.29. The van der Waals surface area contributed by atoms with Crippen molar-refractivity contribution in [3.05, 3.63) is 76.6 Å². The zero-order valence-electron chi connectivity index (χ0n) is 18.3. The molecule has 2 aromatic carbocycles. The maximum absolute atomic E-state index is 12.9. The van der Waals surface area contributed by atoms with Gasteiger partial charge in [-0.2, -0.15) is 5.10 Å². The molecule has 0 spiro atoms. The second kappa shape index (κ2) is 10.1. The maximum atomic E-state index is 12.9. The van der Waals surface area contributed by atoms with E-state index < -0.39 is 0 Å². The third-order valence-electron chi connectivity index (χ3n) is 5.55. The Balaban J connectivity index is 1.28. The van der Waals surface area contributed by atoms with E-state index in [1.807, 2.05) is 36.1 Å². The van der Waals surface area contributed by atoms with Crippen LogP contribution in [0.3, 0.4) is 0 Å². The zero-order chi connectivity index (χ0) is 22.5. The predicted molar refractivity (Wildman–Crippen MR) is 123 cm³/mol. The molecule has 32 heavy (non-hydrogen) atoms. The first-order valence-corrected chi connectivity index (χ1v) is 11.0. The fourth-order valence-corrected chi connectivity index (χ4v) is 3.81. The van der Waals surface area contributed by atoms with E-state index in [4.69, 9.17) is 21.1 Å². The quantitative estimate of drug-likeness (QED) is 0.542. The molecule has 8 heteroatoms. The van der Waals surface area contributed by atoms with Crippen molar-refractivity contribution >= 4 is 17.5 Å². The second-order valence-corrected chi connectivity index (χ2v) is 8.25. The molecule has 0 bridgehead atoms. The molecule has 4 rings (SSSR count). The Bertz CT molecular complexity index is 1080. The maximum Gasteiger partial charge on any atom is 0.274 e. The first-order chi connectivity index (χ1) is 15.5. The smallest absolute Gasteiger partial charge is 0.274 e. The molecule has 1 aliphatic heterocycles. The van der Waals surface area contributed by atoms with Crippen LogP contribution in [0, 0.1) is 6.92 Å². The molecule has 1 saturated heterocycles. The number of hydrogen-bond acceptors (Lipinski definition) is 5. The van der Waals surface area contributed by atoms with E-state index in [-0.39, 0.29) is 12.6 Å². The van der Waals surface area contributed by atoms with Crippen LogP contribution >= 0.6 is 11.6 Å². The van der Waals surface area contributed by atoms with Gasteiger partial charge in [0.15, 0.2) is 12.4 Å². The lowest BCUT2D eigenvalue weighted by Gasteiger charge is -2.34. The number of aryl methyl sites for hydroxylation is 1. The van der Waals surface area contributed by atoms with Crippen molar-refractivity contribution in [3.8, 4) is 11.5 Å². The molecule has 1 amide bonds. The molecule has 0 unspecified atom stereocenters. The third kappa shape index (κ3) is 5.41. The molecule has 2 heterocycles. The third-order valence-corrected chi connectivity index (χ3v) is 5.98. The molecule has 1 aromatic heterocycles. The van der Waals surface area contributed by atoms with Gasteiger partial charge in [0.25, 0.3) is 5.91 Å². The summed E-state index contributed by atoms with van der Waals surface area (Å²) in [6.45, 7) is 5.99. The topological polar surface area (TPSA) is 59.8 Å². The highest BCUT2D eigenvalue weighted by atomic mass is 35.5. The van der Waals surface area contributed by atoms with E-state index in [2.05, 4.69) is 22.1 Å². The first kappa shape index (κ1) is 22.2. The lowest BCUT2D eigenvalue weighted by atomic mass is 10.2. The summed E-state index contributed by atoms with van der Waals surface area (Å²) in [6, 6.07) is 15.3. The Kier molecular flexibility index (Phi) is 6.97. The zero-order valence-corrected chi connectivity index (χ0v) is 19.1. The van der Waals surface area contributed by atoms with Crippen LogP contribution in [0.4, 0.5) is 0 Å². The van der Waals surface area contributed by atoms with Gasteiger partial charge in [-0.05, 0) is 54.4 Å². The minimum atomic E-state index is -0.0490. The van der Waals surface area contributed by atoms with Crippen molar-refractivity contribution in [1.29, 1.82) is 0 Å². The summed E-state index contributed by atoms with van der Waals surface area (Å²) < 4.78 is 12.7. The van der Waals surface area contributed by atoms with E-state index >= 15 is 0 Å². The van der Waals surface area contributed by atoms with Gasteiger partial charge in [-0.1, -0.05) is 23.7 Å². The molecule has 3 aromatic rings. The highest BCUT2D eigenvalue weighted by molar-refractivity contribution is 6.31. The Morgan fingerprint density at radius 1 is 1.06 bits per heavy atom. The van der Waals surface area contributed by atoms with E-state index in [9.17, 15) is 4.79 Å².